The summed E-state index contributed by atoms with van der Waals surface area (Å²) in [4.78, 5) is 0. The molecule has 0 amide bonds. The Morgan fingerprint density at radius 3 is 2.52 bits per heavy atom. The Labute approximate surface area is 126 Å². The van der Waals surface area contributed by atoms with Gasteiger partial charge in [0.15, 0.2) is 11.6 Å². The molecule has 0 spiro atoms. The van der Waals surface area contributed by atoms with Crippen molar-refractivity contribution < 1.29 is 4.52 Å². The van der Waals surface area contributed by atoms with Crippen molar-refractivity contribution >= 4 is 17.4 Å². The molecular weight excluding hydrogens is 288 g/mol. The molecule has 21 heavy (non-hydrogen) atoms. The van der Waals surface area contributed by atoms with Crippen LogP contribution in [0.1, 0.15) is 11.4 Å². The highest BCUT2D eigenvalue weighted by molar-refractivity contribution is 6.30. The van der Waals surface area contributed by atoms with Crippen LogP contribution in [-0.4, -0.2) is 15.4 Å². The molecular formula is C15H13ClN4O. The third-order valence-electron chi connectivity index (χ3n) is 3.20. The Morgan fingerprint density at radius 2 is 1.81 bits per heavy atom. The average molecular weight is 301 g/mol. The SMILES string of the molecule is Cc1cc(-c2onc(N)c2-c2ccc(Cl)cc2)c(C)nn1. The molecule has 2 heterocycles. The fourth-order valence-corrected chi connectivity index (χ4v) is 2.29. The largest absolute Gasteiger partial charge is 0.380 e. The molecule has 0 aliphatic rings. The number of anilines is 1. The van der Waals surface area contributed by atoms with Crippen molar-refractivity contribution in [3.63, 3.8) is 0 Å². The van der Waals surface area contributed by atoms with Gasteiger partial charge in [-0.3, -0.25) is 0 Å². The molecule has 0 bridgehead atoms. The molecule has 0 radical (unpaired) electrons. The Hall–Kier alpha value is -2.40. The Morgan fingerprint density at radius 1 is 1.10 bits per heavy atom. The number of hydrogen-bond acceptors (Lipinski definition) is 5. The molecule has 0 aliphatic heterocycles. The minimum atomic E-state index is 0.334. The van der Waals surface area contributed by atoms with Crippen LogP contribution in [0.4, 0.5) is 5.82 Å². The minimum Gasteiger partial charge on any atom is -0.380 e. The lowest BCUT2D eigenvalue weighted by atomic mass is 10.0. The van der Waals surface area contributed by atoms with Crippen LogP contribution < -0.4 is 5.73 Å². The summed E-state index contributed by atoms with van der Waals surface area (Å²) >= 11 is 5.93. The first-order chi connectivity index (χ1) is 10.1. The third-order valence-corrected chi connectivity index (χ3v) is 3.45. The van der Waals surface area contributed by atoms with Crippen LogP contribution in [0.3, 0.4) is 0 Å². The van der Waals surface area contributed by atoms with E-state index in [1.807, 2.05) is 32.0 Å². The molecule has 0 atom stereocenters. The van der Waals surface area contributed by atoms with Crippen LogP contribution >= 0.6 is 11.6 Å². The van der Waals surface area contributed by atoms with Gasteiger partial charge in [-0.1, -0.05) is 28.9 Å². The van der Waals surface area contributed by atoms with Gasteiger partial charge in [-0.15, -0.1) is 0 Å². The van der Waals surface area contributed by atoms with Gasteiger partial charge in [0, 0.05) is 10.6 Å². The zero-order valence-electron chi connectivity index (χ0n) is 11.6. The molecule has 0 saturated carbocycles. The number of halogens is 1. The lowest BCUT2D eigenvalue weighted by Crippen LogP contribution is -1.95. The van der Waals surface area contributed by atoms with E-state index in [4.69, 9.17) is 21.9 Å². The first kappa shape index (κ1) is 13.6. The lowest BCUT2D eigenvalue weighted by Gasteiger charge is -2.05. The Kier molecular flexibility index (Phi) is 3.35. The number of aryl methyl sites for hydroxylation is 2. The predicted octanol–water partition coefficient (Wildman–Crippen LogP) is 3.65. The second-order valence-electron chi connectivity index (χ2n) is 4.76. The van der Waals surface area contributed by atoms with Gasteiger partial charge in [0.05, 0.1) is 17.0 Å². The van der Waals surface area contributed by atoms with Crippen molar-refractivity contribution in [2.45, 2.75) is 13.8 Å². The van der Waals surface area contributed by atoms with E-state index in [-0.39, 0.29) is 0 Å². The summed E-state index contributed by atoms with van der Waals surface area (Å²) in [5, 5.41) is 12.7. The van der Waals surface area contributed by atoms with Gasteiger partial charge in [-0.25, -0.2) is 0 Å². The van der Waals surface area contributed by atoms with Gasteiger partial charge in [0.25, 0.3) is 0 Å². The van der Waals surface area contributed by atoms with Crippen LogP contribution in [0.15, 0.2) is 34.9 Å². The molecule has 2 N–H and O–H groups in total. The number of hydrogen-bond donors (Lipinski definition) is 1. The van der Waals surface area contributed by atoms with E-state index in [0.29, 0.717) is 16.6 Å². The number of aromatic nitrogens is 3. The summed E-state index contributed by atoms with van der Waals surface area (Å²) < 4.78 is 5.43. The van der Waals surface area contributed by atoms with Crippen LogP contribution in [0.5, 0.6) is 0 Å². The maximum absolute atomic E-state index is 5.96. The van der Waals surface area contributed by atoms with Crippen LogP contribution in [0.25, 0.3) is 22.5 Å². The summed E-state index contributed by atoms with van der Waals surface area (Å²) in [5.74, 6) is 0.923. The van der Waals surface area contributed by atoms with Crippen LogP contribution in [-0.2, 0) is 0 Å². The molecule has 0 unspecified atom stereocenters. The highest BCUT2D eigenvalue weighted by Gasteiger charge is 2.20. The normalized spacial score (nSPS) is 10.8. The minimum absolute atomic E-state index is 0.334. The average Bonchev–Trinajstić information content (AvgIpc) is 2.84. The number of rotatable bonds is 2. The third kappa shape index (κ3) is 2.48. The molecule has 0 fully saturated rings. The molecule has 106 valence electrons. The summed E-state index contributed by atoms with van der Waals surface area (Å²) in [5.41, 5.74) is 9.98. The predicted molar refractivity (Wildman–Crippen MR) is 81.9 cm³/mol. The fourth-order valence-electron chi connectivity index (χ4n) is 2.16. The Balaban J connectivity index is 2.21. The molecule has 0 saturated heterocycles. The first-order valence-corrected chi connectivity index (χ1v) is 6.76. The van der Waals surface area contributed by atoms with Gasteiger partial charge in [0.1, 0.15) is 0 Å². The fraction of sp³-hybridized carbons (Fsp3) is 0.133. The highest BCUT2D eigenvalue weighted by atomic mass is 35.5. The summed E-state index contributed by atoms with van der Waals surface area (Å²) in [6, 6.07) is 9.27. The van der Waals surface area contributed by atoms with E-state index < -0.39 is 0 Å². The van der Waals surface area contributed by atoms with Crippen molar-refractivity contribution in [1.82, 2.24) is 15.4 Å². The smallest absolute Gasteiger partial charge is 0.178 e. The maximum atomic E-state index is 5.96. The molecule has 3 rings (SSSR count). The van der Waals surface area contributed by atoms with Crippen molar-refractivity contribution in [3.8, 4) is 22.5 Å². The lowest BCUT2D eigenvalue weighted by molar-refractivity contribution is 0.435. The van der Waals surface area contributed by atoms with E-state index in [1.54, 1.807) is 12.1 Å². The van der Waals surface area contributed by atoms with Gasteiger partial charge < -0.3 is 10.3 Å². The topological polar surface area (TPSA) is 77.8 Å². The Bertz CT molecular complexity index is 796. The van der Waals surface area contributed by atoms with Crippen LogP contribution in [0.2, 0.25) is 5.02 Å². The number of benzene rings is 1. The second kappa shape index (κ2) is 5.18. The summed E-state index contributed by atoms with van der Waals surface area (Å²) in [6.45, 7) is 3.74. The standard InChI is InChI=1S/C15H13ClN4O/c1-8-7-12(9(2)19-18-8)14-13(15(17)20-21-14)10-3-5-11(16)6-4-10/h3-7H,1-2H3,(H2,17,20). The molecule has 5 nitrogen and oxygen atoms in total. The van der Waals surface area contributed by atoms with E-state index >= 15 is 0 Å². The van der Waals surface area contributed by atoms with E-state index in [1.165, 1.54) is 0 Å². The van der Waals surface area contributed by atoms with Crippen molar-refractivity contribution in [1.29, 1.82) is 0 Å². The summed E-state index contributed by atoms with van der Waals surface area (Å²) in [6.07, 6.45) is 0. The van der Waals surface area contributed by atoms with E-state index in [0.717, 1.165) is 28.1 Å². The number of nitrogens with zero attached hydrogens (tertiary/aromatic N) is 3. The van der Waals surface area contributed by atoms with Gasteiger partial charge >= 0.3 is 0 Å². The molecule has 6 heteroatoms. The zero-order valence-corrected chi connectivity index (χ0v) is 12.3. The molecule has 1 aromatic carbocycles. The van der Waals surface area contributed by atoms with Crippen LogP contribution in [0, 0.1) is 13.8 Å². The van der Waals surface area contributed by atoms with Gasteiger partial charge in [-0.2, -0.15) is 10.2 Å². The van der Waals surface area contributed by atoms with Crippen molar-refractivity contribution in [3.05, 3.63) is 46.7 Å². The monoisotopic (exact) mass is 300 g/mol. The van der Waals surface area contributed by atoms with Crippen molar-refractivity contribution in [2.75, 3.05) is 5.73 Å². The number of nitrogens with two attached hydrogens (primary N) is 1. The maximum Gasteiger partial charge on any atom is 0.178 e. The molecule has 0 aliphatic carbocycles. The molecule has 3 aromatic rings. The quantitative estimate of drug-likeness (QED) is 0.781. The highest BCUT2D eigenvalue weighted by Crippen LogP contribution is 2.37. The van der Waals surface area contributed by atoms with E-state index in [2.05, 4.69) is 15.4 Å². The molecule has 2 aromatic heterocycles. The van der Waals surface area contributed by atoms with Gasteiger partial charge in [0.2, 0.25) is 0 Å². The zero-order chi connectivity index (χ0) is 15.0. The number of nitrogen functional groups attached to an aromatic ring is 1. The van der Waals surface area contributed by atoms with Gasteiger partial charge in [-0.05, 0) is 37.6 Å². The van der Waals surface area contributed by atoms with Crippen molar-refractivity contribution in [2.24, 2.45) is 0 Å². The summed E-state index contributed by atoms with van der Waals surface area (Å²) in [7, 11) is 0. The van der Waals surface area contributed by atoms with E-state index in [9.17, 15) is 0 Å². The first-order valence-electron chi connectivity index (χ1n) is 6.38. The second-order valence-corrected chi connectivity index (χ2v) is 5.20.